The van der Waals surface area contributed by atoms with Crippen molar-refractivity contribution >= 4 is 39.1 Å². The number of anilines is 1. The van der Waals surface area contributed by atoms with Crippen LogP contribution in [0.2, 0.25) is 5.02 Å². The molecule has 10 heteroatoms. The molecule has 0 aliphatic heterocycles. The van der Waals surface area contributed by atoms with Crippen molar-refractivity contribution in [3.8, 4) is 5.75 Å². The van der Waals surface area contributed by atoms with Crippen LogP contribution in [0.15, 0.2) is 78.9 Å². The van der Waals surface area contributed by atoms with Gasteiger partial charge in [0.05, 0.1) is 19.1 Å². The van der Waals surface area contributed by atoms with Crippen molar-refractivity contribution in [2.24, 2.45) is 0 Å². The molecule has 4 rings (SSSR count). The molecule has 1 N–H and O–H groups in total. The van der Waals surface area contributed by atoms with Crippen molar-refractivity contribution in [2.75, 3.05) is 24.2 Å². The van der Waals surface area contributed by atoms with Crippen molar-refractivity contribution in [1.29, 1.82) is 0 Å². The molecule has 0 heterocycles. The molecule has 0 saturated heterocycles. The molecule has 1 aliphatic carbocycles. The molecular weight excluding hydrogens is 598 g/mol. The van der Waals surface area contributed by atoms with Gasteiger partial charge in [0.25, 0.3) is 0 Å². The Labute approximate surface area is 266 Å². The molecule has 44 heavy (non-hydrogen) atoms. The highest BCUT2D eigenvalue weighted by Gasteiger charge is 2.32. The average Bonchev–Trinajstić information content (AvgIpc) is 3.01. The van der Waals surface area contributed by atoms with Gasteiger partial charge in [0.1, 0.15) is 11.8 Å². The second-order valence-corrected chi connectivity index (χ2v) is 13.7. The summed E-state index contributed by atoms with van der Waals surface area (Å²) in [4.78, 5) is 29.6. The minimum Gasteiger partial charge on any atom is -0.497 e. The van der Waals surface area contributed by atoms with Gasteiger partial charge in [0.15, 0.2) is 0 Å². The first kappa shape index (κ1) is 33.3. The summed E-state index contributed by atoms with van der Waals surface area (Å²) < 4.78 is 31.9. The Hall–Kier alpha value is -3.56. The Morgan fingerprint density at radius 3 is 2.27 bits per heavy atom. The number of halogens is 1. The highest BCUT2D eigenvalue weighted by Crippen LogP contribution is 2.24. The number of nitrogens with one attached hydrogen (secondary N) is 1. The van der Waals surface area contributed by atoms with E-state index in [1.54, 1.807) is 48.4 Å². The monoisotopic (exact) mass is 639 g/mol. The van der Waals surface area contributed by atoms with E-state index in [-0.39, 0.29) is 43.8 Å². The van der Waals surface area contributed by atoms with Crippen molar-refractivity contribution in [3.63, 3.8) is 0 Å². The second kappa shape index (κ2) is 16.0. The molecule has 8 nitrogen and oxygen atoms in total. The number of benzene rings is 3. The first-order chi connectivity index (χ1) is 21.1. The number of sulfonamides is 1. The van der Waals surface area contributed by atoms with Crippen LogP contribution in [0.1, 0.15) is 56.1 Å². The fraction of sp³-hybridized carbons (Fsp3) is 0.412. The summed E-state index contributed by atoms with van der Waals surface area (Å²) in [5, 5.41) is 3.79. The van der Waals surface area contributed by atoms with Crippen LogP contribution in [0.3, 0.4) is 0 Å². The van der Waals surface area contributed by atoms with Gasteiger partial charge in [-0.25, -0.2) is 8.42 Å². The van der Waals surface area contributed by atoms with Crippen molar-refractivity contribution < 1.29 is 22.7 Å². The van der Waals surface area contributed by atoms with Crippen LogP contribution in [0, 0.1) is 0 Å². The van der Waals surface area contributed by atoms with Crippen LogP contribution in [-0.4, -0.2) is 57.1 Å². The molecule has 2 amide bonds. The minimum absolute atomic E-state index is 0.0603. The summed E-state index contributed by atoms with van der Waals surface area (Å²) in [6.07, 6.45) is 7.01. The van der Waals surface area contributed by atoms with E-state index in [1.165, 1.54) is 10.7 Å². The summed E-state index contributed by atoms with van der Waals surface area (Å²) in [7, 11) is -2.06. The molecule has 3 aromatic carbocycles. The van der Waals surface area contributed by atoms with E-state index in [9.17, 15) is 18.0 Å². The van der Waals surface area contributed by atoms with Crippen LogP contribution in [0.4, 0.5) is 5.69 Å². The lowest BCUT2D eigenvalue weighted by molar-refractivity contribution is -0.141. The van der Waals surface area contributed by atoms with Gasteiger partial charge in [-0.2, -0.15) is 0 Å². The first-order valence-electron chi connectivity index (χ1n) is 15.1. The van der Waals surface area contributed by atoms with E-state index >= 15 is 0 Å². The normalized spacial score (nSPS) is 14.4. The standard InChI is InChI=1S/C34H42ClN3O5S/c1-43-31-20-18-30(19-21-31)38(44(2,41)42)22-10-17-33(39)37(25-27-13-9-14-28(35)23-27)32(24-26-11-5-3-6-12-26)34(40)36-29-15-7-4-8-16-29/h3,5-6,9,11-14,18-21,23,29,32H,4,7-8,10,15-17,22,24-25H2,1-2H3,(H,36,40). The minimum atomic E-state index is -3.61. The molecule has 236 valence electrons. The topological polar surface area (TPSA) is 96.0 Å². The van der Waals surface area contributed by atoms with E-state index in [1.807, 2.05) is 42.5 Å². The molecular formula is C34H42ClN3O5S. The molecule has 1 unspecified atom stereocenters. The summed E-state index contributed by atoms with van der Waals surface area (Å²) in [6, 6.07) is 23.1. The van der Waals surface area contributed by atoms with Crippen molar-refractivity contribution in [2.45, 2.75) is 70.0 Å². The Balaban J connectivity index is 1.58. The molecule has 0 aromatic heterocycles. The Bertz CT molecular complexity index is 1480. The summed E-state index contributed by atoms with van der Waals surface area (Å²) in [5.74, 6) is 0.213. The number of hydrogen-bond acceptors (Lipinski definition) is 5. The predicted molar refractivity (Wildman–Crippen MR) is 175 cm³/mol. The molecule has 1 saturated carbocycles. The lowest BCUT2D eigenvalue weighted by atomic mass is 9.94. The molecule has 0 bridgehead atoms. The molecule has 3 aromatic rings. The third-order valence-electron chi connectivity index (χ3n) is 7.98. The Morgan fingerprint density at radius 1 is 0.955 bits per heavy atom. The SMILES string of the molecule is COc1ccc(N(CCCC(=O)N(Cc2cccc(Cl)c2)C(Cc2ccccc2)C(=O)NC2CCCCC2)S(C)(=O)=O)cc1. The lowest BCUT2D eigenvalue weighted by Crippen LogP contribution is -2.52. The molecule has 0 spiro atoms. The van der Waals surface area contributed by atoms with Gasteiger partial charge in [0, 0.05) is 37.0 Å². The molecule has 1 atom stereocenters. The van der Waals surface area contributed by atoms with E-state index in [4.69, 9.17) is 16.3 Å². The van der Waals surface area contributed by atoms with Crippen LogP contribution in [0.5, 0.6) is 5.75 Å². The maximum Gasteiger partial charge on any atom is 0.243 e. The van der Waals surface area contributed by atoms with E-state index in [0.717, 1.165) is 43.1 Å². The number of amides is 2. The summed E-state index contributed by atoms with van der Waals surface area (Å²) in [5.41, 5.74) is 2.25. The number of methoxy groups -OCH3 is 1. The zero-order valence-corrected chi connectivity index (χ0v) is 27.0. The van der Waals surface area contributed by atoms with Crippen LogP contribution >= 0.6 is 11.6 Å². The summed E-state index contributed by atoms with van der Waals surface area (Å²) >= 11 is 6.29. The van der Waals surface area contributed by atoms with Crippen molar-refractivity contribution in [3.05, 3.63) is 95.0 Å². The average molecular weight is 640 g/mol. The quantitative estimate of drug-likeness (QED) is 0.234. The van der Waals surface area contributed by atoms with Gasteiger partial charge >= 0.3 is 0 Å². The number of rotatable bonds is 14. The molecule has 0 radical (unpaired) electrons. The number of ether oxygens (including phenoxy) is 1. The summed E-state index contributed by atoms with van der Waals surface area (Å²) in [6.45, 7) is 0.308. The Morgan fingerprint density at radius 2 is 1.64 bits per heavy atom. The predicted octanol–water partition coefficient (Wildman–Crippen LogP) is 5.98. The smallest absolute Gasteiger partial charge is 0.243 e. The third-order valence-corrected chi connectivity index (χ3v) is 9.41. The van der Waals surface area contributed by atoms with Gasteiger partial charge in [-0.15, -0.1) is 0 Å². The van der Waals surface area contributed by atoms with E-state index in [0.29, 0.717) is 22.9 Å². The van der Waals surface area contributed by atoms with Gasteiger partial charge in [0.2, 0.25) is 21.8 Å². The van der Waals surface area contributed by atoms with Crippen LogP contribution in [0.25, 0.3) is 0 Å². The largest absolute Gasteiger partial charge is 0.497 e. The lowest BCUT2D eigenvalue weighted by Gasteiger charge is -2.34. The maximum absolute atomic E-state index is 14.0. The number of carbonyl (C=O) groups is 2. The first-order valence-corrected chi connectivity index (χ1v) is 17.4. The third kappa shape index (κ3) is 9.72. The van der Waals surface area contributed by atoms with E-state index in [2.05, 4.69) is 5.32 Å². The van der Waals surface area contributed by atoms with E-state index < -0.39 is 16.1 Å². The number of nitrogens with zero attached hydrogens (tertiary/aromatic N) is 2. The fourth-order valence-electron chi connectivity index (χ4n) is 5.68. The fourth-order valence-corrected chi connectivity index (χ4v) is 6.86. The Kier molecular flexibility index (Phi) is 12.1. The van der Waals surface area contributed by atoms with Gasteiger partial charge in [-0.3, -0.25) is 13.9 Å². The number of carbonyl (C=O) groups excluding carboxylic acids is 2. The van der Waals surface area contributed by atoms with Crippen molar-refractivity contribution in [1.82, 2.24) is 10.2 Å². The van der Waals surface area contributed by atoms with Crippen LogP contribution < -0.4 is 14.4 Å². The van der Waals surface area contributed by atoms with Gasteiger partial charge < -0.3 is 15.0 Å². The number of hydrogen-bond donors (Lipinski definition) is 1. The van der Waals surface area contributed by atoms with Crippen LogP contribution in [-0.2, 0) is 32.6 Å². The molecule has 1 fully saturated rings. The zero-order valence-electron chi connectivity index (χ0n) is 25.5. The van der Waals surface area contributed by atoms with Gasteiger partial charge in [-0.1, -0.05) is 73.3 Å². The highest BCUT2D eigenvalue weighted by atomic mass is 35.5. The van der Waals surface area contributed by atoms with Gasteiger partial charge in [-0.05, 0) is 66.8 Å². The molecule has 1 aliphatic rings. The zero-order chi connectivity index (χ0) is 31.5. The maximum atomic E-state index is 14.0. The second-order valence-electron chi connectivity index (χ2n) is 11.3. The highest BCUT2D eigenvalue weighted by molar-refractivity contribution is 7.92.